The highest BCUT2D eigenvalue weighted by Gasteiger charge is 2.08. The summed E-state index contributed by atoms with van der Waals surface area (Å²) in [5.74, 6) is -0.140. The SMILES string of the molecule is Fc1ccc(Cl)c(I)c1CCl. The molecule has 1 aromatic carbocycles. The first kappa shape index (κ1) is 9.55. The third-order valence-corrected chi connectivity index (χ3v) is 3.41. The minimum Gasteiger partial charge on any atom is -0.207 e. The van der Waals surface area contributed by atoms with Crippen LogP contribution in [0.3, 0.4) is 0 Å². The molecule has 0 aliphatic carbocycles. The summed E-state index contributed by atoms with van der Waals surface area (Å²) in [5, 5.41) is 0.544. The summed E-state index contributed by atoms with van der Waals surface area (Å²) in [4.78, 5) is 0. The first-order valence-corrected chi connectivity index (χ1v) is 4.84. The summed E-state index contributed by atoms with van der Waals surface area (Å²) in [7, 11) is 0. The van der Waals surface area contributed by atoms with Crippen LogP contribution in [0.2, 0.25) is 5.02 Å². The Labute approximate surface area is 87.8 Å². The maximum absolute atomic E-state index is 12.9. The van der Waals surface area contributed by atoms with E-state index in [1.54, 1.807) is 0 Å². The van der Waals surface area contributed by atoms with Crippen molar-refractivity contribution in [3.63, 3.8) is 0 Å². The van der Waals surface area contributed by atoms with Crippen LogP contribution in [0, 0.1) is 9.39 Å². The molecule has 0 N–H and O–H groups in total. The van der Waals surface area contributed by atoms with Gasteiger partial charge in [-0.1, -0.05) is 11.6 Å². The van der Waals surface area contributed by atoms with Gasteiger partial charge in [0.2, 0.25) is 0 Å². The number of benzene rings is 1. The van der Waals surface area contributed by atoms with E-state index in [9.17, 15) is 4.39 Å². The minimum absolute atomic E-state index is 0.157. The van der Waals surface area contributed by atoms with E-state index in [1.807, 2.05) is 22.6 Å². The van der Waals surface area contributed by atoms with Gasteiger partial charge in [0.25, 0.3) is 0 Å². The zero-order valence-corrected chi connectivity index (χ0v) is 9.04. The molecular weight excluding hydrogens is 301 g/mol. The third kappa shape index (κ3) is 1.98. The lowest BCUT2D eigenvalue weighted by atomic mass is 10.2. The van der Waals surface area contributed by atoms with Crippen molar-refractivity contribution < 1.29 is 4.39 Å². The van der Waals surface area contributed by atoms with Crippen molar-refractivity contribution in [1.82, 2.24) is 0 Å². The summed E-state index contributed by atoms with van der Waals surface area (Å²) < 4.78 is 13.6. The molecular formula is C7H4Cl2FI. The molecule has 11 heavy (non-hydrogen) atoms. The molecule has 0 aromatic heterocycles. The van der Waals surface area contributed by atoms with Crippen molar-refractivity contribution in [2.75, 3.05) is 0 Å². The quantitative estimate of drug-likeness (QED) is 0.420. The van der Waals surface area contributed by atoms with E-state index in [0.717, 1.165) is 0 Å². The molecule has 0 unspecified atom stereocenters. The second kappa shape index (κ2) is 3.92. The minimum atomic E-state index is -0.297. The van der Waals surface area contributed by atoms with Crippen LogP contribution in [0.5, 0.6) is 0 Å². The third-order valence-electron chi connectivity index (χ3n) is 1.27. The Balaban J connectivity index is 3.29. The van der Waals surface area contributed by atoms with Crippen molar-refractivity contribution in [2.45, 2.75) is 5.88 Å². The van der Waals surface area contributed by atoms with Crippen molar-refractivity contribution in [1.29, 1.82) is 0 Å². The normalized spacial score (nSPS) is 10.2. The highest BCUT2D eigenvalue weighted by Crippen LogP contribution is 2.25. The smallest absolute Gasteiger partial charge is 0.128 e. The van der Waals surface area contributed by atoms with Gasteiger partial charge in [-0.25, -0.2) is 4.39 Å². The van der Waals surface area contributed by atoms with Gasteiger partial charge >= 0.3 is 0 Å². The lowest BCUT2D eigenvalue weighted by Gasteiger charge is -2.02. The molecule has 0 aliphatic rings. The average Bonchev–Trinajstić information content (AvgIpc) is 1.99. The molecule has 1 aromatic rings. The average molecular weight is 305 g/mol. The Morgan fingerprint density at radius 3 is 2.55 bits per heavy atom. The monoisotopic (exact) mass is 304 g/mol. The van der Waals surface area contributed by atoms with E-state index in [0.29, 0.717) is 14.2 Å². The lowest BCUT2D eigenvalue weighted by Crippen LogP contribution is -1.90. The van der Waals surface area contributed by atoms with E-state index in [4.69, 9.17) is 23.2 Å². The maximum atomic E-state index is 12.9. The molecule has 4 heteroatoms. The van der Waals surface area contributed by atoms with Crippen molar-refractivity contribution in [2.24, 2.45) is 0 Å². The molecule has 0 aliphatic heterocycles. The largest absolute Gasteiger partial charge is 0.207 e. The molecule has 0 bridgehead atoms. The van der Waals surface area contributed by atoms with Crippen LogP contribution >= 0.6 is 45.8 Å². The molecule has 0 amide bonds. The summed E-state index contributed by atoms with van der Waals surface area (Å²) >= 11 is 13.2. The molecule has 0 saturated heterocycles. The molecule has 0 radical (unpaired) electrons. The number of hydrogen-bond acceptors (Lipinski definition) is 0. The van der Waals surface area contributed by atoms with Crippen molar-refractivity contribution >= 4 is 45.8 Å². The van der Waals surface area contributed by atoms with Crippen LogP contribution in [-0.2, 0) is 5.88 Å². The number of alkyl halides is 1. The van der Waals surface area contributed by atoms with Gasteiger partial charge in [-0.15, -0.1) is 11.6 Å². The molecule has 0 saturated carbocycles. The van der Waals surface area contributed by atoms with Gasteiger partial charge in [-0.3, -0.25) is 0 Å². The lowest BCUT2D eigenvalue weighted by molar-refractivity contribution is 0.615. The Bertz CT molecular complexity index is 275. The Hall–Kier alpha value is 0.460. The molecule has 0 fully saturated rings. The van der Waals surface area contributed by atoms with Gasteiger partial charge in [0.1, 0.15) is 5.82 Å². The fourth-order valence-electron chi connectivity index (χ4n) is 0.692. The molecule has 0 atom stereocenters. The van der Waals surface area contributed by atoms with Crippen LogP contribution in [0.15, 0.2) is 12.1 Å². The Morgan fingerprint density at radius 2 is 2.09 bits per heavy atom. The maximum Gasteiger partial charge on any atom is 0.128 e. The van der Waals surface area contributed by atoms with Crippen LogP contribution < -0.4 is 0 Å². The van der Waals surface area contributed by atoms with E-state index in [-0.39, 0.29) is 11.7 Å². The van der Waals surface area contributed by atoms with E-state index in [2.05, 4.69) is 0 Å². The van der Waals surface area contributed by atoms with Gasteiger partial charge in [-0.05, 0) is 34.7 Å². The zero-order chi connectivity index (χ0) is 8.43. The van der Waals surface area contributed by atoms with Crippen molar-refractivity contribution in [3.8, 4) is 0 Å². The topological polar surface area (TPSA) is 0 Å². The first-order valence-electron chi connectivity index (χ1n) is 2.85. The molecule has 0 spiro atoms. The number of hydrogen-bond donors (Lipinski definition) is 0. The van der Waals surface area contributed by atoms with Gasteiger partial charge in [0.15, 0.2) is 0 Å². The zero-order valence-electron chi connectivity index (χ0n) is 5.37. The summed E-state index contributed by atoms with van der Waals surface area (Å²) in [6, 6.07) is 2.84. The van der Waals surface area contributed by atoms with Gasteiger partial charge in [-0.2, -0.15) is 0 Å². The highest BCUT2D eigenvalue weighted by molar-refractivity contribution is 14.1. The summed E-state index contributed by atoms with van der Waals surface area (Å²) in [6.45, 7) is 0. The predicted molar refractivity (Wildman–Crippen MR) is 53.7 cm³/mol. The highest BCUT2D eigenvalue weighted by atomic mass is 127. The standard InChI is InChI=1S/C7H4Cl2FI/c8-3-4-6(10)2-1-5(9)7(4)11/h1-2H,3H2. The second-order valence-corrected chi connectivity index (χ2v) is 3.71. The molecule has 0 heterocycles. The number of halogens is 4. The fraction of sp³-hybridized carbons (Fsp3) is 0.143. The van der Waals surface area contributed by atoms with E-state index >= 15 is 0 Å². The van der Waals surface area contributed by atoms with Gasteiger partial charge < -0.3 is 0 Å². The Morgan fingerprint density at radius 1 is 1.45 bits per heavy atom. The van der Waals surface area contributed by atoms with E-state index < -0.39 is 0 Å². The van der Waals surface area contributed by atoms with Crippen LogP contribution in [0.4, 0.5) is 4.39 Å². The fourth-order valence-corrected chi connectivity index (χ4v) is 1.98. The van der Waals surface area contributed by atoms with Gasteiger partial charge in [0.05, 0.1) is 10.9 Å². The molecule has 1 rings (SSSR count). The van der Waals surface area contributed by atoms with Crippen LogP contribution in [0.25, 0.3) is 0 Å². The summed E-state index contributed by atoms with van der Waals surface area (Å²) in [5.41, 5.74) is 0.472. The molecule has 60 valence electrons. The second-order valence-electron chi connectivity index (χ2n) is 1.96. The summed E-state index contributed by atoms with van der Waals surface area (Å²) in [6.07, 6.45) is 0. The van der Waals surface area contributed by atoms with Crippen LogP contribution in [-0.4, -0.2) is 0 Å². The van der Waals surface area contributed by atoms with Crippen LogP contribution in [0.1, 0.15) is 5.56 Å². The number of rotatable bonds is 1. The predicted octanol–water partition coefficient (Wildman–Crippen LogP) is 3.82. The van der Waals surface area contributed by atoms with Crippen molar-refractivity contribution in [3.05, 3.63) is 32.1 Å². The van der Waals surface area contributed by atoms with E-state index in [1.165, 1.54) is 12.1 Å². The first-order chi connectivity index (χ1) is 5.16. The molecule has 0 nitrogen and oxygen atoms in total. The Kier molecular flexibility index (Phi) is 3.40. The van der Waals surface area contributed by atoms with Gasteiger partial charge in [0, 0.05) is 9.13 Å².